The van der Waals surface area contributed by atoms with E-state index in [1.807, 2.05) is 0 Å². The van der Waals surface area contributed by atoms with E-state index in [2.05, 4.69) is 10.3 Å². The molecule has 0 saturated carbocycles. The molecule has 0 amide bonds. The summed E-state index contributed by atoms with van der Waals surface area (Å²) in [5.74, 6) is -1.19. The Morgan fingerprint density at radius 3 is 2.13 bits per heavy atom. The fourth-order valence-electron chi connectivity index (χ4n) is 0.710. The number of hydrogen-bond acceptors (Lipinski definition) is 5. The highest BCUT2D eigenvalue weighted by molar-refractivity contribution is 5.69. The molecule has 0 aromatic rings. The molecule has 0 saturated heterocycles. The zero-order chi connectivity index (χ0) is 12.1. The summed E-state index contributed by atoms with van der Waals surface area (Å²) in [5.41, 5.74) is 2.25. The van der Waals surface area contributed by atoms with E-state index in [9.17, 15) is 9.59 Å². The number of aliphatic hydroxyl groups is 1. The van der Waals surface area contributed by atoms with Crippen LogP contribution in [0.25, 0.3) is 0 Å². The first kappa shape index (κ1) is 16.3. The maximum atomic E-state index is 10.7. The molecule has 15 heavy (non-hydrogen) atoms. The topological polar surface area (TPSA) is 95.9 Å². The van der Waals surface area contributed by atoms with Crippen molar-refractivity contribution in [2.24, 2.45) is 0 Å². The molecular formula is C9H19NO5. The summed E-state index contributed by atoms with van der Waals surface area (Å²) < 4.78 is 0. The lowest BCUT2D eigenvalue weighted by Gasteiger charge is -1.99. The van der Waals surface area contributed by atoms with Gasteiger partial charge in [-0.2, -0.15) is 5.48 Å². The van der Waals surface area contributed by atoms with Gasteiger partial charge in [0, 0.05) is 26.5 Å². The summed E-state index contributed by atoms with van der Waals surface area (Å²) in [6.07, 6.45) is 1.42. The highest BCUT2D eigenvalue weighted by atomic mass is 16.7. The Labute approximate surface area is 89.2 Å². The van der Waals surface area contributed by atoms with Crippen LogP contribution in [0, 0.1) is 0 Å². The summed E-state index contributed by atoms with van der Waals surface area (Å²) in [6.45, 7) is 1.93. The van der Waals surface area contributed by atoms with E-state index in [1.54, 1.807) is 6.92 Å². The van der Waals surface area contributed by atoms with E-state index in [1.165, 1.54) is 7.05 Å². The van der Waals surface area contributed by atoms with Gasteiger partial charge in [-0.15, -0.1) is 0 Å². The van der Waals surface area contributed by atoms with Gasteiger partial charge >= 0.3 is 11.9 Å². The first-order chi connectivity index (χ1) is 7.08. The van der Waals surface area contributed by atoms with Gasteiger partial charge in [0.25, 0.3) is 0 Å². The summed E-state index contributed by atoms with van der Waals surface area (Å²) in [4.78, 5) is 25.1. The van der Waals surface area contributed by atoms with Crippen molar-refractivity contribution in [2.45, 2.75) is 32.6 Å². The van der Waals surface area contributed by atoms with E-state index in [0.29, 0.717) is 12.8 Å². The van der Waals surface area contributed by atoms with Crippen molar-refractivity contribution in [3.8, 4) is 0 Å². The molecule has 0 radical (unpaired) electrons. The summed E-state index contributed by atoms with van der Waals surface area (Å²) in [6, 6.07) is 0. The fraction of sp³-hybridized carbons (Fsp3) is 0.778. The second-order valence-electron chi connectivity index (χ2n) is 2.60. The molecule has 6 heteroatoms. The lowest BCUT2D eigenvalue weighted by molar-refractivity contribution is -0.150. The van der Waals surface area contributed by atoms with Gasteiger partial charge in [0.05, 0.1) is 0 Å². The van der Waals surface area contributed by atoms with Crippen LogP contribution < -0.4 is 5.48 Å². The average molecular weight is 221 g/mol. The van der Waals surface area contributed by atoms with Crippen LogP contribution in [0.5, 0.6) is 0 Å². The number of rotatable bonds is 6. The lowest BCUT2D eigenvalue weighted by Crippen LogP contribution is -2.14. The molecule has 0 aromatic heterocycles. The van der Waals surface area contributed by atoms with Crippen molar-refractivity contribution in [3.05, 3.63) is 0 Å². The highest BCUT2D eigenvalue weighted by Crippen LogP contribution is 2.00. The monoisotopic (exact) mass is 221 g/mol. The summed E-state index contributed by atoms with van der Waals surface area (Å²) in [7, 11) is 1.50. The molecular weight excluding hydrogens is 202 g/mol. The number of hydrogen-bond donors (Lipinski definition) is 3. The zero-order valence-electron chi connectivity index (χ0n) is 9.15. The average Bonchev–Trinajstić information content (AvgIpc) is 2.14. The highest BCUT2D eigenvalue weighted by Gasteiger charge is 2.02. The van der Waals surface area contributed by atoms with Gasteiger partial charge in [-0.1, -0.05) is 0 Å². The van der Waals surface area contributed by atoms with Crippen molar-refractivity contribution in [3.63, 3.8) is 0 Å². The number of hydroxylamine groups is 1. The minimum Gasteiger partial charge on any atom is -0.481 e. The molecule has 0 aliphatic heterocycles. The third-order valence-electron chi connectivity index (χ3n) is 1.24. The first-order valence-electron chi connectivity index (χ1n) is 4.77. The van der Waals surface area contributed by atoms with E-state index >= 15 is 0 Å². The number of aliphatic hydroxyl groups excluding tert-OH is 1. The number of carboxylic acid groups (broad SMARTS) is 1. The molecule has 0 fully saturated rings. The molecule has 0 atom stereocenters. The van der Waals surface area contributed by atoms with Crippen LogP contribution in [0.2, 0.25) is 0 Å². The maximum Gasteiger partial charge on any atom is 0.324 e. The van der Waals surface area contributed by atoms with Crippen molar-refractivity contribution in [1.29, 1.82) is 0 Å². The summed E-state index contributed by atoms with van der Waals surface area (Å²) in [5, 5.41) is 15.8. The van der Waals surface area contributed by atoms with Gasteiger partial charge in [-0.25, -0.2) is 0 Å². The van der Waals surface area contributed by atoms with Crippen LogP contribution in [-0.4, -0.2) is 35.8 Å². The molecule has 0 heterocycles. The van der Waals surface area contributed by atoms with Crippen LogP contribution in [0.1, 0.15) is 32.6 Å². The zero-order valence-corrected chi connectivity index (χ0v) is 9.15. The smallest absolute Gasteiger partial charge is 0.324 e. The molecule has 0 aliphatic rings. The SMILES string of the molecule is CCO.CNOC(=O)CCCCC(=O)O. The van der Waals surface area contributed by atoms with Gasteiger partial charge < -0.3 is 15.1 Å². The fourth-order valence-corrected chi connectivity index (χ4v) is 0.710. The Bertz CT molecular complexity index is 172. The number of aliphatic carboxylic acids is 1. The molecule has 3 N–H and O–H groups in total. The normalized spacial score (nSPS) is 8.73. The maximum absolute atomic E-state index is 10.7. The molecule has 0 spiro atoms. The molecule has 0 unspecified atom stereocenters. The third kappa shape index (κ3) is 19.3. The molecule has 0 aromatic carbocycles. The van der Waals surface area contributed by atoms with Gasteiger partial charge in [0.1, 0.15) is 0 Å². The predicted octanol–water partition coefficient (Wildman–Crippen LogP) is 0.308. The Morgan fingerprint density at radius 2 is 1.73 bits per heavy atom. The molecule has 0 aliphatic carbocycles. The largest absolute Gasteiger partial charge is 0.481 e. The van der Waals surface area contributed by atoms with Gasteiger partial charge in [-0.3, -0.25) is 9.59 Å². The Morgan fingerprint density at radius 1 is 1.27 bits per heavy atom. The van der Waals surface area contributed by atoms with Crippen LogP contribution in [0.4, 0.5) is 0 Å². The number of unbranched alkanes of at least 4 members (excludes halogenated alkanes) is 1. The Kier molecular flexibility index (Phi) is 14.0. The Hall–Kier alpha value is -1.14. The van der Waals surface area contributed by atoms with Crippen molar-refractivity contribution >= 4 is 11.9 Å². The number of carbonyl (C=O) groups is 2. The van der Waals surface area contributed by atoms with Crippen LogP contribution in [0.3, 0.4) is 0 Å². The van der Waals surface area contributed by atoms with E-state index in [0.717, 1.165) is 0 Å². The predicted molar refractivity (Wildman–Crippen MR) is 54.0 cm³/mol. The van der Waals surface area contributed by atoms with E-state index in [4.69, 9.17) is 10.2 Å². The van der Waals surface area contributed by atoms with Crippen molar-refractivity contribution in [1.82, 2.24) is 5.48 Å². The lowest BCUT2D eigenvalue weighted by atomic mass is 10.2. The van der Waals surface area contributed by atoms with Gasteiger partial charge in [-0.05, 0) is 19.8 Å². The van der Waals surface area contributed by atoms with E-state index < -0.39 is 5.97 Å². The second-order valence-corrected chi connectivity index (χ2v) is 2.60. The minimum absolute atomic E-state index is 0.104. The van der Waals surface area contributed by atoms with Gasteiger partial charge in [0.2, 0.25) is 0 Å². The van der Waals surface area contributed by atoms with Crippen molar-refractivity contribution < 1.29 is 24.6 Å². The van der Waals surface area contributed by atoms with Crippen LogP contribution in [0.15, 0.2) is 0 Å². The quantitative estimate of drug-likeness (QED) is 0.441. The van der Waals surface area contributed by atoms with E-state index in [-0.39, 0.29) is 25.4 Å². The first-order valence-corrected chi connectivity index (χ1v) is 4.77. The van der Waals surface area contributed by atoms with Crippen LogP contribution in [-0.2, 0) is 14.4 Å². The Balaban J connectivity index is 0. The van der Waals surface area contributed by atoms with Crippen LogP contribution >= 0.6 is 0 Å². The molecule has 6 nitrogen and oxygen atoms in total. The molecule has 0 rings (SSSR count). The molecule has 90 valence electrons. The minimum atomic E-state index is -0.836. The van der Waals surface area contributed by atoms with Gasteiger partial charge in [0.15, 0.2) is 0 Å². The standard InChI is InChI=1S/C7H13NO4.C2H6O/c1-8-12-7(11)5-3-2-4-6(9)10;1-2-3/h8H,2-5H2,1H3,(H,9,10);3H,2H2,1H3. The summed E-state index contributed by atoms with van der Waals surface area (Å²) >= 11 is 0. The number of carbonyl (C=O) groups excluding carboxylic acids is 1. The number of nitrogens with one attached hydrogen (secondary N) is 1. The third-order valence-corrected chi connectivity index (χ3v) is 1.24. The molecule has 0 bridgehead atoms. The number of carboxylic acids is 1. The second kappa shape index (κ2) is 12.9. The van der Waals surface area contributed by atoms with Crippen molar-refractivity contribution in [2.75, 3.05) is 13.7 Å².